The Hall–Kier alpha value is -1.91. The SMILES string of the molecule is CC(C)Oc1cc2c(cc1[N+](=O)[O-])C=NC2. The lowest BCUT2D eigenvalue weighted by Crippen LogP contribution is -2.08. The van der Waals surface area contributed by atoms with Crippen molar-refractivity contribution in [2.45, 2.75) is 26.5 Å². The Morgan fingerprint density at radius 1 is 1.50 bits per heavy atom. The monoisotopic (exact) mass is 220 g/mol. The average Bonchev–Trinajstić information content (AvgIpc) is 2.62. The molecular weight excluding hydrogens is 208 g/mol. The highest BCUT2D eigenvalue weighted by Crippen LogP contribution is 2.32. The van der Waals surface area contributed by atoms with Gasteiger partial charge in [0, 0.05) is 17.8 Å². The van der Waals surface area contributed by atoms with Gasteiger partial charge in [0.05, 0.1) is 17.6 Å². The highest BCUT2D eigenvalue weighted by atomic mass is 16.6. The molecular formula is C11H12N2O3. The van der Waals surface area contributed by atoms with Gasteiger partial charge in [0.2, 0.25) is 0 Å². The minimum absolute atomic E-state index is 0.000741. The Labute approximate surface area is 92.9 Å². The lowest BCUT2D eigenvalue weighted by atomic mass is 10.1. The van der Waals surface area contributed by atoms with Gasteiger partial charge in [-0.1, -0.05) is 0 Å². The molecule has 16 heavy (non-hydrogen) atoms. The van der Waals surface area contributed by atoms with Crippen LogP contribution in [-0.4, -0.2) is 17.2 Å². The molecule has 1 heterocycles. The average molecular weight is 220 g/mol. The van der Waals surface area contributed by atoms with Gasteiger partial charge in [0.15, 0.2) is 5.75 Å². The number of nitrogens with zero attached hydrogens (tertiary/aromatic N) is 2. The molecule has 5 nitrogen and oxygen atoms in total. The van der Waals surface area contributed by atoms with Crippen molar-refractivity contribution in [3.63, 3.8) is 0 Å². The molecule has 0 bridgehead atoms. The van der Waals surface area contributed by atoms with Gasteiger partial charge < -0.3 is 4.74 Å². The van der Waals surface area contributed by atoms with Gasteiger partial charge in [0.25, 0.3) is 0 Å². The van der Waals surface area contributed by atoms with Gasteiger partial charge in [-0.3, -0.25) is 15.1 Å². The van der Waals surface area contributed by atoms with Crippen LogP contribution in [-0.2, 0) is 6.54 Å². The summed E-state index contributed by atoms with van der Waals surface area (Å²) in [7, 11) is 0. The molecule has 0 fully saturated rings. The number of fused-ring (bicyclic) bond motifs is 1. The summed E-state index contributed by atoms with van der Waals surface area (Å²) in [5.74, 6) is 0.323. The van der Waals surface area contributed by atoms with Gasteiger partial charge >= 0.3 is 5.69 Å². The van der Waals surface area contributed by atoms with E-state index in [-0.39, 0.29) is 11.8 Å². The van der Waals surface area contributed by atoms with E-state index in [2.05, 4.69) is 4.99 Å². The molecule has 1 aliphatic rings. The molecule has 1 aromatic rings. The largest absolute Gasteiger partial charge is 0.484 e. The van der Waals surface area contributed by atoms with Gasteiger partial charge in [0.1, 0.15) is 0 Å². The Kier molecular flexibility index (Phi) is 2.60. The number of ether oxygens (including phenoxy) is 1. The van der Waals surface area contributed by atoms with E-state index in [1.165, 1.54) is 6.07 Å². The second kappa shape index (κ2) is 3.92. The molecule has 0 aromatic heterocycles. The zero-order chi connectivity index (χ0) is 11.7. The summed E-state index contributed by atoms with van der Waals surface area (Å²) in [5.41, 5.74) is 1.78. The maximum absolute atomic E-state index is 10.9. The highest BCUT2D eigenvalue weighted by Gasteiger charge is 2.21. The number of aliphatic imine (C=N–C) groups is 1. The Bertz CT molecular complexity index is 467. The Morgan fingerprint density at radius 2 is 2.25 bits per heavy atom. The third kappa shape index (κ3) is 1.88. The number of nitro groups is 1. The summed E-state index contributed by atoms with van der Waals surface area (Å²) >= 11 is 0. The van der Waals surface area contributed by atoms with Crippen LogP contribution in [0.3, 0.4) is 0 Å². The van der Waals surface area contributed by atoms with Gasteiger partial charge in [-0.15, -0.1) is 0 Å². The van der Waals surface area contributed by atoms with E-state index in [1.54, 1.807) is 12.3 Å². The zero-order valence-corrected chi connectivity index (χ0v) is 9.14. The summed E-state index contributed by atoms with van der Waals surface area (Å²) < 4.78 is 5.43. The summed E-state index contributed by atoms with van der Waals surface area (Å²) in [6.45, 7) is 4.25. The molecule has 5 heteroatoms. The van der Waals surface area contributed by atoms with Crippen LogP contribution in [0.25, 0.3) is 0 Å². The van der Waals surface area contributed by atoms with E-state index in [0.717, 1.165) is 11.1 Å². The molecule has 0 unspecified atom stereocenters. The van der Waals surface area contributed by atoms with Crippen molar-refractivity contribution in [3.8, 4) is 5.75 Å². The summed E-state index contributed by atoms with van der Waals surface area (Å²) in [5, 5.41) is 10.9. The summed E-state index contributed by atoms with van der Waals surface area (Å²) in [6.07, 6.45) is 1.57. The predicted molar refractivity (Wildman–Crippen MR) is 60.2 cm³/mol. The zero-order valence-electron chi connectivity index (χ0n) is 9.14. The third-order valence-electron chi connectivity index (χ3n) is 2.27. The smallest absolute Gasteiger partial charge is 0.311 e. The molecule has 0 atom stereocenters. The fraction of sp³-hybridized carbons (Fsp3) is 0.364. The molecule has 2 rings (SSSR count). The first-order valence-electron chi connectivity index (χ1n) is 5.05. The topological polar surface area (TPSA) is 64.7 Å². The van der Waals surface area contributed by atoms with Crippen LogP contribution < -0.4 is 4.74 Å². The van der Waals surface area contributed by atoms with E-state index in [9.17, 15) is 10.1 Å². The van der Waals surface area contributed by atoms with Crippen molar-refractivity contribution in [1.29, 1.82) is 0 Å². The quantitative estimate of drug-likeness (QED) is 0.580. The molecule has 0 saturated carbocycles. The Balaban J connectivity index is 2.47. The third-order valence-corrected chi connectivity index (χ3v) is 2.27. The van der Waals surface area contributed by atoms with Gasteiger partial charge in [-0.05, 0) is 25.5 Å². The Morgan fingerprint density at radius 3 is 2.88 bits per heavy atom. The van der Waals surface area contributed by atoms with Gasteiger partial charge in [-0.2, -0.15) is 0 Å². The first-order chi connectivity index (χ1) is 7.58. The van der Waals surface area contributed by atoms with E-state index < -0.39 is 4.92 Å². The van der Waals surface area contributed by atoms with E-state index >= 15 is 0 Å². The lowest BCUT2D eigenvalue weighted by Gasteiger charge is -2.11. The predicted octanol–water partition coefficient (Wildman–Crippen LogP) is 2.31. The number of nitro benzene ring substituents is 1. The molecule has 84 valence electrons. The van der Waals surface area contributed by atoms with Crippen LogP contribution in [0.1, 0.15) is 25.0 Å². The van der Waals surface area contributed by atoms with Crippen molar-refractivity contribution >= 4 is 11.9 Å². The van der Waals surface area contributed by atoms with Crippen LogP contribution in [0, 0.1) is 10.1 Å². The second-order valence-electron chi connectivity index (χ2n) is 3.91. The molecule has 0 aliphatic carbocycles. The van der Waals surface area contributed by atoms with Crippen LogP contribution in [0.4, 0.5) is 5.69 Å². The van der Waals surface area contributed by atoms with Crippen LogP contribution >= 0.6 is 0 Å². The van der Waals surface area contributed by atoms with Crippen molar-refractivity contribution in [3.05, 3.63) is 33.4 Å². The number of hydrogen-bond donors (Lipinski definition) is 0. The van der Waals surface area contributed by atoms with E-state index in [4.69, 9.17) is 4.74 Å². The molecule has 1 aliphatic heterocycles. The highest BCUT2D eigenvalue weighted by molar-refractivity contribution is 5.86. The lowest BCUT2D eigenvalue weighted by molar-refractivity contribution is -0.386. The van der Waals surface area contributed by atoms with Crippen molar-refractivity contribution in [1.82, 2.24) is 0 Å². The fourth-order valence-electron chi connectivity index (χ4n) is 1.62. The minimum Gasteiger partial charge on any atom is -0.484 e. The van der Waals surface area contributed by atoms with Crippen molar-refractivity contribution in [2.75, 3.05) is 0 Å². The van der Waals surface area contributed by atoms with E-state index in [1.807, 2.05) is 13.8 Å². The minimum atomic E-state index is -0.426. The fourth-order valence-corrected chi connectivity index (χ4v) is 1.62. The van der Waals surface area contributed by atoms with Crippen molar-refractivity contribution in [2.24, 2.45) is 4.99 Å². The second-order valence-corrected chi connectivity index (χ2v) is 3.91. The summed E-state index contributed by atoms with van der Waals surface area (Å²) in [4.78, 5) is 14.5. The van der Waals surface area contributed by atoms with Crippen molar-refractivity contribution < 1.29 is 9.66 Å². The number of rotatable bonds is 3. The first-order valence-corrected chi connectivity index (χ1v) is 5.05. The van der Waals surface area contributed by atoms with Crippen LogP contribution in [0.2, 0.25) is 0 Å². The van der Waals surface area contributed by atoms with Crippen LogP contribution in [0.5, 0.6) is 5.75 Å². The van der Waals surface area contributed by atoms with Crippen LogP contribution in [0.15, 0.2) is 17.1 Å². The molecule has 0 radical (unpaired) electrons. The maximum Gasteiger partial charge on any atom is 0.311 e. The molecule has 0 N–H and O–H groups in total. The molecule has 1 aromatic carbocycles. The maximum atomic E-state index is 10.9. The normalized spacial score (nSPS) is 12.9. The van der Waals surface area contributed by atoms with E-state index in [0.29, 0.717) is 12.3 Å². The standard InChI is InChI=1S/C11H12N2O3/c1-7(2)16-11-4-9-6-12-5-8(9)3-10(11)13(14)15/h3-5,7H,6H2,1-2H3. The summed E-state index contributed by atoms with van der Waals surface area (Å²) in [6, 6.07) is 3.23. The number of hydrogen-bond acceptors (Lipinski definition) is 4. The number of benzene rings is 1. The molecule has 0 amide bonds. The molecule has 0 spiro atoms. The molecule has 0 saturated heterocycles. The van der Waals surface area contributed by atoms with Gasteiger partial charge in [-0.25, -0.2) is 0 Å². The first kappa shape index (κ1) is 10.6.